The highest BCUT2D eigenvalue weighted by molar-refractivity contribution is 9.10. The highest BCUT2D eigenvalue weighted by Crippen LogP contribution is 2.27. The topological polar surface area (TPSA) is 81.8 Å². The molecule has 0 saturated carbocycles. The van der Waals surface area contributed by atoms with Crippen LogP contribution >= 0.6 is 28.1 Å². The van der Waals surface area contributed by atoms with E-state index in [1.54, 1.807) is 17.0 Å². The van der Waals surface area contributed by atoms with Crippen molar-refractivity contribution in [3.63, 3.8) is 0 Å². The summed E-state index contributed by atoms with van der Waals surface area (Å²) in [5, 5.41) is 5.85. The summed E-state index contributed by atoms with van der Waals surface area (Å²) in [7, 11) is 0. The molecule has 0 aromatic heterocycles. The van der Waals surface area contributed by atoms with Crippen molar-refractivity contribution in [2.75, 3.05) is 23.3 Å². The zero-order valence-electron chi connectivity index (χ0n) is 17.2. The largest absolute Gasteiger partial charge is 0.355 e. The molecule has 162 valence electrons. The molecule has 1 atom stereocenters. The number of nitrogens with zero attached hydrogens (tertiary/aromatic N) is 2. The second-order valence-corrected chi connectivity index (χ2v) is 8.52. The van der Waals surface area contributed by atoms with E-state index in [0.29, 0.717) is 29.6 Å². The Kier molecular flexibility index (Phi) is 7.40. The monoisotopic (exact) mass is 502 g/mol. The SMILES string of the molecule is CC(=O)NCCN1C(=S)N(c2ccc(C)cc2)C(=O)C1CC(=O)Nc1ccc(Br)cc1. The van der Waals surface area contributed by atoms with Crippen molar-refractivity contribution in [2.45, 2.75) is 26.3 Å². The Morgan fingerprint density at radius 3 is 2.35 bits per heavy atom. The summed E-state index contributed by atoms with van der Waals surface area (Å²) in [5.74, 6) is -0.724. The molecule has 0 radical (unpaired) electrons. The molecule has 1 heterocycles. The molecule has 0 aliphatic carbocycles. The van der Waals surface area contributed by atoms with Gasteiger partial charge < -0.3 is 15.5 Å². The van der Waals surface area contributed by atoms with Gasteiger partial charge in [-0.05, 0) is 55.5 Å². The predicted molar refractivity (Wildman–Crippen MR) is 128 cm³/mol. The van der Waals surface area contributed by atoms with Gasteiger partial charge in [0.2, 0.25) is 11.8 Å². The molecule has 2 aromatic rings. The Bertz CT molecular complexity index is 995. The summed E-state index contributed by atoms with van der Waals surface area (Å²) in [5.41, 5.74) is 2.36. The second-order valence-electron chi connectivity index (χ2n) is 7.24. The normalized spacial score (nSPS) is 15.9. The Morgan fingerprint density at radius 1 is 1.10 bits per heavy atom. The average molecular weight is 503 g/mol. The number of hydrogen-bond acceptors (Lipinski definition) is 4. The standard InChI is InChI=1S/C22H23BrN4O3S/c1-14-3-9-18(10-4-14)27-21(30)19(26(22(27)31)12-11-24-15(2)28)13-20(29)25-17-7-5-16(23)6-8-17/h3-10,19H,11-13H2,1-2H3,(H,24,28)(H,25,29). The minimum atomic E-state index is -0.752. The van der Waals surface area contributed by atoms with Crippen LogP contribution in [0, 0.1) is 6.92 Å². The summed E-state index contributed by atoms with van der Waals surface area (Å²) in [4.78, 5) is 40.4. The maximum absolute atomic E-state index is 13.3. The number of hydrogen-bond donors (Lipinski definition) is 2. The highest BCUT2D eigenvalue weighted by atomic mass is 79.9. The van der Waals surface area contributed by atoms with Crippen LogP contribution in [0.25, 0.3) is 0 Å². The van der Waals surface area contributed by atoms with E-state index in [-0.39, 0.29) is 24.1 Å². The zero-order valence-corrected chi connectivity index (χ0v) is 19.6. The molecule has 1 fully saturated rings. The maximum atomic E-state index is 13.3. The van der Waals surface area contributed by atoms with E-state index in [2.05, 4.69) is 26.6 Å². The highest BCUT2D eigenvalue weighted by Gasteiger charge is 2.43. The first-order chi connectivity index (χ1) is 14.8. The molecule has 1 unspecified atom stereocenters. The first-order valence-electron chi connectivity index (χ1n) is 9.77. The molecule has 2 N–H and O–H groups in total. The van der Waals surface area contributed by atoms with Gasteiger partial charge in [-0.1, -0.05) is 33.6 Å². The van der Waals surface area contributed by atoms with Crippen molar-refractivity contribution in [3.05, 3.63) is 58.6 Å². The van der Waals surface area contributed by atoms with Crippen LogP contribution in [0.3, 0.4) is 0 Å². The van der Waals surface area contributed by atoms with Gasteiger partial charge in [0.25, 0.3) is 5.91 Å². The Hall–Kier alpha value is -2.78. The van der Waals surface area contributed by atoms with E-state index in [1.807, 2.05) is 43.3 Å². The summed E-state index contributed by atoms with van der Waals surface area (Å²) in [6.45, 7) is 4.02. The molecule has 3 amide bonds. The molecular formula is C22H23BrN4O3S. The number of benzene rings is 2. The van der Waals surface area contributed by atoms with E-state index < -0.39 is 6.04 Å². The Labute approximate surface area is 194 Å². The molecular weight excluding hydrogens is 480 g/mol. The van der Waals surface area contributed by atoms with Crippen LogP contribution in [0.4, 0.5) is 11.4 Å². The maximum Gasteiger partial charge on any atom is 0.256 e. The summed E-state index contributed by atoms with van der Waals surface area (Å²) >= 11 is 8.95. The summed E-state index contributed by atoms with van der Waals surface area (Å²) in [6, 6.07) is 13.9. The Balaban J connectivity index is 1.79. The van der Waals surface area contributed by atoms with Gasteiger partial charge in [-0.2, -0.15) is 0 Å². The van der Waals surface area contributed by atoms with Crippen molar-refractivity contribution in [3.8, 4) is 0 Å². The molecule has 7 nitrogen and oxygen atoms in total. The lowest BCUT2D eigenvalue weighted by atomic mass is 10.1. The van der Waals surface area contributed by atoms with E-state index in [1.165, 1.54) is 11.8 Å². The molecule has 1 saturated heterocycles. The van der Waals surface area contributed by atoms with E-state index in [0.717, 1.165) is 10.0 Å². The molecule has 31 heavy (non-hydrogen) atoms. The molecule has 9 heteroatoms. The second kappa shape index (κ2) is 10.0. The van der Waals surface area contributed by atoms with Crippen LogP contribution in [-0.4, -0.2) is 46.9 Å². The van der Waals surface area contributed by atoms with Crippen LogP contribution in [0.15, 0.2) is 53.0 Å². The van der Waals surface area contributed by atoms with E-state index in [4.69, 9.17) is 12.2 Å². The quantitative estimate of drug-likeness (QED) is 0.568. The third kappa shape index (κ3) is 5.68. The molecule has 1 aliphatic heterocycles. The summed E-state index contributed by atoms with van der Waals surface area (Å²) in [6.07, 6.45) is -0.0581. The zero-order chi connectivity index (χ0) is 22.5. The third-order valence-electron chi connectivity index (χ3n) is 4.84. The summed E-state index contributed by atoms with van der Waals surface area (Å²) < 4.78 is 0.903. The van der Waals surface area contributed by atoms with E-state index >= 15 is 0 Å². The third-order valence-corrected chi connectivity index (χ3v) is 5.79. The van der Waals surface area contributed by atoms with E-state index in [9.17, 15) is 14.4 Å². The first kappa shape index (κ1) is 22.9. The van der Waals surface area contributed by atoms with Crippen LogP contribution in [0.1, 0.15) is 18.9 Å². The Morgan fingerprint density at radius 2 is 1.74 bits per heavy atom. The average Bonchev–Trinajstić information content (AvgIpc) is 2.94. The van der Waals surface area contributed by atoms with Crippen molar-refractivity contribution in [1.82, 2.24) is 10.2 Å². The smallest absolute Gasteiger partial charge is 0.256 e. The van der Waals surface area contributed by atoms with Crippen molar-refractivity contribution in [1.29, 1.82) is 0 Å². The number of thiocarbonyl (C=S) groups is 1. The number of amides is 3. The number of nitrogens with one attached hydrogen (secondary N) is 2. The van der Waals surface area contributed by atoms with Crippen molar-refractivity contribution in [2.24, 2.45) is 0 Å². The van der Waals surface area contributed by atoms with Gasteiger partial charge in [0.15, 0.2) is 5.11 Å². The van der Waals surface area contributed by atoms with Crippen LogP contribution in [-0.2, 0) is 14.4 Å². The number of halogens is 1. The van der Waals surface area contributed by atoms with Crippen molar-refractivity contribution >= 4 is 62.4 Å². The van der Waals surface area contributed by atoms with Gasteiger partial charge in [0, 0.05) is 30.2 Å². The van der Waals surface area contributed by atoms with Gasteiger partial charge in [-0.3, -0.25) is 19.3 Å². The molecule has 0 spiro atoms. The molecule has 3 rings (SSSR count). The molecule has 2 aromatic carbocycles. The lowest BCUT2D eigenvalue weighted by molar-refractivity contribution is -0.124. The van der Waals surface area contributed by atoms with Crippen LogP contribution in [0.5, 0.6) is 0 Å². The minimum absolute atomic E-state index is 0.0581. The van der Waals surface area contributed by atoms with Crippen LogP contribution < -0.4 is 15.5 Å². The van der Waals surface area contributed by atoms with Gasteiger partial charge in [0.1, 0.15) is 6.04 Å². The lowest BCUT2D eigenvalue weighted by Gasteiger charge is -2.24. The van der Waals surface area contributed by atoms with Gasteiger partial charge >= 0.3 is 0 Å². The fraction of sp³-hybridized carbons (Fsp3) is 0.273. The predicted octanol–water partition coefficient (Wildman–Crippen LogP) is 3.22. The number of rotatable bonds is 7. The first-order valence-corrected chi connectivity index (χ1v) is 11.0. The van der Waals surface area contributed by atoms with Gasteiger partial charge in [-0.25, -0.2) is 0 Å². The van der Waals surface area contributed by atoms with Gasteiger partial charge in [0.05, 0.1) is 12.1 Å². The minimum Gasteiger partial charge on any atom is -0.355 e. The number of anilines is 2. The molecule has 1 aliphatic rings. The number of carbonyl (C=O) groups excluding carboxylic acids is 3. The van der Waals surface area contributed by atoms with Gasteiger partial charge in [-0.15, -0.1) is 0 Å². The molecule has 0 bridgehead atoms. The lowest BCUT2D eigenvalue weighted by Crippen LogP contribution is -2.42. The number of aryl methyl sites for hydroxylation is 1. The fourth-order valence-corrected chi connectivity index (χ4v) is 3.97. The van der Waals surface area contributed by atoms with Crippen LogP contribution in [0.2, 0.25) is 0 Å². The fourth-order valence-electron chi connectivity index (χ4n) is 3.29. The van der Waals surface area contributed by atoms with Crippen molar-refractivity contribution < 1.29 is 14.4 Å². The number of carbonyl (C=O) groups is 3.